The Morgan fingerprint density at radius 2 is 1.67 bits per heavy atom. The fourth-order valence-corrected chi connectivity index (χ4v) is 1.76. The number of carboxylic acids is 1. The van der Waals surface area contributed by atoms with Crippen molar-refractivity contribution in [1.29, 1.82) is 0 Å². The Morgan fingerprint density at radius 3 is 2.33 bits per heavy atom. The van der Waals surface area contributed by atoms with Gasteiger partial charge >= 0.3 is 0 Å². The third-order valence-corrected chi connectivity index (χ3v) is 2.83. The molecule has 0 heterocycles. The fourth-order valence-electron chi connectivity index (χ4n) is 1.76. The summed E-state index contributed by atoms with van der Waals surface area (Å²) in [7, 11) is 0. The summed E-state index contributed by atoms with van der Waals surface area (Å²) in [5, 5.41) is 13.5. The van der Waals surface area contributed by atoms with E-state index in [1.807, 2.05) is 6.07 Å². The van der Waals surface area contributed by atoms with Crippen LogP contribution in [-0.2, 0) is 4.79 Å². The maximum Gasteiger partial charge on any atom is 0.265 e. The molecule has 0 aromatic heterocycles. The van der Waals surface area contributed by atoms with Crippen molar-refractivity contribution in [2.45, 2.75) is 13.0 Å². The maximum absolute atomic E-state index is 12.0. The van der Waals surface area contributed by atoms with E-state index in [4.69, 9.17) is 4.74 Å². The molecule has 1 amide bonds. The van der Waals surface area contributed by atoms with Crippen LogP contribution in [0, 0.1) is 0 Å². The predicted molar refractivity (Wildman–Crippen MR) is 75.9 cm³/mol. The summed E-state index contributed by atoms with van der Waals surface area (Å²) in [5.41, 5.74) is 0.115. The van der Waals surface area contributed by atoms with Crippen molar-refractivity contribution in [2.24, 2.45) is 0 Å². The number of amides is 1. The van der Waals surface area contributed by atoms with Crippen LogP contribution in [0.15, 0.2) is 54.6 Å². The van der Waals surface area contributed by atoms with E-state index in [1.165, 1.54) is 12.1 Å². The standard InChI is InChI=1S/C16H15NO4/c1-11(21-12-7-3-2-4-8-12)15(18)17-14-10-6-5-9-13(14)16(19)20/h2-11H,1H3,(H,17,18)(H,19,20)/p-1/t11-/m1/s1. The zero-order valence-corrected chi connectivity index (χ0v) is 11.4. The Hall–Kier alpha value is -2.82. The van der Waals surface area contributed by atoms with Gasteiger partial charge in [0.2, 0.25) is 0 Å². The fraction of sp³-hybridized carbons (Fsp3) is 0.125. The molecule has 2 aromatic carbocycles. The minimum Gasteiger partial charge on any atom is -0.545 e. The van der Waals surface area contributed by atoms with Crippen LogP contribution in [0.5, 0.6) is 5.75 Å². The molecule has 0 radical (unpaired) electrons. The number of para-hydroxylation sites is 2. The first-order valence-electron chi connectivity index (χ1n) is 6.41. The molecule has 0 saturated heterocycles. The zero-order chi connectivity index (χ0) is 15.2. The van der Waals surface area contributed by atoms with Crippen LogP contribution >= 0.6 is 0 Å². The number of hydrogen-bond donors (Lipinski definition) is 1. The first-order valence-corrected chi connectivity index (χ1v) is 6.41. The summed E-state index contributed by atoms with van der Waals surface area (Å²) in [6.45, 7) is 1.59. The van der Waals surface area contributed by atoms with Gasteiger partial charge in [0.25, 0.3) is 5.91 Å². The minimum atomic E-state index is -1.34. The summed E-state index contributed by atoms with van der Waals surface area (Å²) in [4.78, 5) is 23.0. The second kappa shape index (κ2) is 6.56. The molecule has 108 valence electrons. The molecule has 2 rings (SSSR count). The zero-order valence-electron chi connectivity index (χ0n) is 11.4. The molecule has 2 aromatic rings. The van der Waals surface area contributed by atoms with Gasteiger partial charge in [0, 0.05) is 11.3 Å². The van der Waals surface area contributed by atoms with Gasteiger partial charge in [-0.05, 0) is 25.1 Å². The molecule has 0 fully saturated rings. The Bertz CT molecular complexity index is 640. The molecule has 0 unspecified atom stereocenters. The van der Waals surface area contributed by atoms with Crippen LogP contribution in [0.25, 0.3) is 0 Å². The normalized spacial score (nSPS) is 11.5. The van der Waals surface area contributed by atoms with Gasteiger partial charge in [-0.2, -0.15) is 0 Å². The summed E-state index contributed by atoms with van der Waals surface area (Å²) in [5.74, 6) is -1.22. The van der Waals surface area contributed by atoms with Crippen molar-refractivity contribution in [3.63, 3.8) is 0 Å². The van der Waals surface area contributed by atoms with Crippen LogP contribution in [0.4, 0.5) is 5.69 Å². The van der Waals surface area contributed by atoms with Crippen LogP contribution < -0.4 is 15.2 Å². The third-order valence-electron chi connectivity index (χ3n) is 2.83. The van der Waals surface area contributed by atoms with Crippen molar-refractivity contribution >= 4 is 17.6 Å². The molecular formula is C16H14NO4-. The summed E-state index contributed by atoms with van der Waals surface area (Å²) in [6, 6.07) is 15.0. The van der Waals surface area contributed by atoms with Gasteiger partial charge in [0.1, 0.15) is 5.75 Å². The number of rotatable bonds is 5. The molecular weight excluding hydrogens is 270 g/mol. The number of carbonyl (C=O) groups is 2. The van der Waals surface area contributed by atoms with Gasteiger partial charge in [-0.15, -0.1) is 0 Å². The Kier molecular flexibility index (Phi) is 4.56. The van der Waals surface area contributed by atoms with E-state index in [-0.39, 0.29) is 11.3 Å². The summed E-state index contributed by atoms with van der Waals surface area (Å²) < 4.78 is 5.47. The van der Waals surface area contributed by atoms with Crippen molar-refractivity contribution < 1.29 is 19.4 Å². The monoisotopic (exact) mass is 284 g/mol. The molecule has 0 aliphatic rings. The van der Waals surface area contributed by atoms with E-state index >= 15 is 0 Å². The lowest BCUT2D eigenvalue weighted by Gasteiger charge is -2.16. The first-order chi connectivity index (χ1) is 10.1. The summed E-state index contributed by atoms with van der Waals surface area (Å²) >= 11 is 0. The van der Waals surface area contributed by atoms with E-state index in [1.54, 1.807) is 43.3 Å². The highest BCUT2D eigenvalue weighted by Crippen LogP contribution is 2.16. The summed E-state index contributed by atoms with van der Waals surface area (Å²) in [6.07, 6.45) is -0.762. The highest BCUT2D eigenvalue weighted by Gasteiger charge is 2.16. The van der Waals surface area contributed by atoms with E-state index in [0.717, 1.165) is 0 Å². The van der Waals surface area contributed by atoms with Crippen LogP contribution in [0.2, 0.25) is 0 Å². The van der Waals surface area contributed by atoms with Gasteiger partial charge in [-0.25, -0.2) is 0 Å². The number of ether oxygens (including phenoxy) is 1. The smallest absolute Gasteiger partial charge is 0.265 e. The molecule has 0 bridgehead atoms. The molecule has 0 aliphatic carbocycles. The number of carbonyl (C=O) groups excluding carboxylic acids is 2. The molecule has 21 heavy (non-hydrogen) atoms. The van der Waals surface area contributed by atoms with Crippen molar-refractivity contribution in [2.75, 3.05) is 5.32 Å². The molecule has 1 atom stereocenters. The lowest BCUT2D eigenvalue weighted by Crippen LogP contribution is -2.31. The van der Waals surface area contributed by atoms with Gasteiger partial charge in [0.15, 0.2) is 6.10 Å². The number of benzene rings is 2. The quantitative estimate of drug-likeness (QED) is 0.901. The van der Waals surface area contributed by atoms with Gasteiger partial charge < -0.3 is 20.0 Å². The molecule has 1 N–H and O–H groups in total. The molecule has 0 saturated carbocycles. The number of aromatic carboxylic acids is 1. The van der Waals surface area contributed by atoms with Crippen LogP contribution in [0.3, 0.4) is 0 Å². The number of carboxylic acid groups (broad SMARTS) is 1. The maximum atomic E-state index is 12.0. The average molecular weight is 284 g/mol. The molecule has 0 spiro atoms. The largest absolute Gasteiger partial charge is 0.545 e. The highest BCUT2D eigenvalue weighted by atomic mass is 16.5. The second-order valence-electron chi connectivity index (χ2n) is 4.40. The van der Waals surface area contributed by atoms with E-state index in [0.29, 0.717) is 5.75 Å². The number of nitrogens with one attached hydrogen (secondary N) is 1. The average Bonchev–Trinajstić information content (AvgIpc) is 2.48. The van der Waals surface area contributed by atoms with Gasteiger partial charge in [-0.1, -0.05) is 36.4 Å². The minimum absolute atomic E-state index is 0.0715. The Morgan fingerprint density at radius 1 is 1.05 bits per heavy atom. The SMILES string of the molecule is C[C@@H](Oc1ccccc1)C(=O)Nc1ccccc1C(=O)[O-]. The van der Waals surface area contributed by atoms with E-state index in [9.17, 15) is 14.7 Å². The Balaban J connectivity index is 2.06. The molecule has 5 nitrogen and oxygen atoms in total. The van der Waals surface area contributed by atoms with Crippen molar-refractivity contribution in [1.82, 2.24) is 0 Å². The molecule has 0 aliphatic heterocycles. The lowest BCUT2D eigenvalue weighted by atomic mass is 10.1. The van der Waals surface area contributed by atoms with Gasteiger partial charge in [-0.3, -0.25) is 4.79 Å². The lowest BCUT2D eigenvalue weighted by molar-refractivity contribution is -0.254. The number of hydrogen-bond acceptors (Lipinski definition) is 4. The van der Waals surface area contributed by atoms with Crippen molar-refractivity contribution in [3.8, 4) is 5.75 Å². The first kappa shape index (κ1) is 14.6. The Labute approximate surface area is 122 Å². The third kappa shape index (κ3) is 3.82. The molecule has 5 heteroatoms. The van der Waals surface area contributed by atoms with Crippen LogP contribution in [-0.4, -0.2) is 18.0 Å². The topological polar surface area (TPSA) is 78.5 Å². The highest BCUT2D eigenvalue weighted by molar-refractivity contribution is 6.01. The van der Waals surface area contributed by atoms with Crippen LogP contribution in [0.1, 0.15) is 17.3 Å². The second-order valence-corrected chi connectivity index (χ2v) is 4.40. The van der Waals surface area contributed by atoms with E-state index in [2.05, 4.69) is 5.32 Å². The number of anilines is 1. The predicted octanol–water partition coefficient (Wildman–Crippen LogP) is 1.46. The van der Waals surface area contributed by atoms with E-state index < -0.39 is 18.0 Å². The van der Waals surface area contributed by atoms with Gasteiger partial charge in [0.05, 0.1) is 5.97 Å². The van der Waals surface area contributed by atoms with Crippen molar-refractivity contribution in [3.05, 3.63) is 60.2 Å².